The number of hydrogen-bond acceptors (Lipinski definition) is 3. The van der Waals surface area contributed by atoms with Gasteiger partial charge in [-0.1, -0.05) is 32.9 Å². The number of rotatable bonds is 1. The molecule has 1 aromatic rings. The van der Waals surface area contributed by atoms with Crippen LogP contribution in [0.3, 0.4) is 0 Å². The second-order valence-electron chi connectivity index (χ2n) is 7.38. The van der Waals surface area contributed by atoms with Crippen molar-refractivity contribution >= 4 is 12.0 Å². The Morgan fingerprint density at radius 2 is 1.67 bits per heavy atom. The van der Waals surface area contributed by atoms with Crippen LogP contribution in [0.4, 0.5) is 4.79 Å². The SMILES string of the molecule is COC(=O)N1CCCN(C(=O)c2cc(C(C)(C)C)ccc2C)CC1. The first kappa shape index (κ1) is 18.3. The van der Waals surface area contributed by atoms with Gasteiger partial charge < -0.3 is 14.5 Å². The second kappa shape index (κ2) is 7.24. The van der Waals surface area contributed by atoms with Gasteiger partial charge in [-0.05, 0) is 36.0 Å². The summed E-state index contributed by atoms with van der Waals surface area (Å²) >= 11 is 0. The molecule has 2 amide bonds. The molecule has 0 aromatic heterocycles. The van der Waals surface area contributed by atoms with E-state index in [0.717, 1.165) is 23.1 Å². The van der Waals surface area contributed by atoms with Crippen molar-refractivity contribution in [2.24, 2.45) is 0 Å². The second-order valence-corrected chi connectivity index (χ2v) is 7.38. The van der Waals surface area contributed by atoms with Gasteiger partial charge in [0.05, 0.1) is 7.11 Å². The molecule has 1 aliphatic rings. The van der Waals surface area contributed by atoms with Gasteiger partial charge in [-0.3, -0.25) is 4.79 Å². The summed E-state index contributed by atoms with van der Waals surface area (Å²) in [6.45, 7) is 10.7. The molecular weight excluding hydrogens is 304 g/mol. The van der Waals surface area contributed by atoms with Crippen LogP contribution in [-0.4, -0.2) is 55.1 Å². The molecule has 1 aromatic carbocycles. The number of nitrogens with zero attached hydrogens (tertiary/aromatic N) is 2. The lowest BCUT2D eigenvalue weighted by molar-refractivity contribution is 0.0756. The van der Waals surface area contributed by atoms with Gasteiger partial charge in [-0.25, -0.2) is 4.79 Å². The highest BCUT2D eigenvalue weighted by Gasteiger charge is 2.25. The Balaban J connectivity index is 2.18. The van der Waals surface area contributed by atoms with Crippen molar-refractivity contribution in [1.29, 1.82) is 0 Å². The van der Waals surface area contributed by atoms with Crippen LogP contribution in [0.15, 0.2) is 18.2 Å². The van der Waals surface area contributed by atoms with E-state index in [1.54, 1.807) is 4.90 Å². The Bertz CT molecular complexity index is 620. The molecule has 24 heavy (non-hydrogen) atoms. The summed E-state index contributed by atoms with van der Waals surface area (Å²) in [6.07, 6.45) is 0.439. The molecule has 5 heteroatoms. The number of methoxy groups -OCH3 is 1. The fraction of sp³-hybridized carbons (Fsp3) is 0.579. The summed E-state index contributed by atoms with van der Waals surface area (Å²) < 4.78 is 4.78. The van der Waals surface area contributed by atoms with Crippen LogP contribution in [0, 0.1) is 6.92 Å². The predicted octanol–water partition coefficient (Wildman–Crippen LogP) is 3.21. The minimum absolute atomic E-state index is 0.00317. The monoisotopic (exact) mass is 332 g/mol. The maximum atomic E-state index is 13.0. The molecule has 0 unspecified atom stereocenters. The van der Waals surface area contributed by atoms with Gasteiger partial charge in [0.2, 0.25) is 0 Å². The van der Waals surface area contributed by atoms with Gasteiger partial charge in [-0.2, -0.15) is 0 Å². The Hall–Kier alpha value is -2.04. The van der Waals surface area contributed by atoms with Gasteiger partial charge in [-0.15, -0.1) is 0 Å². The Morgan fingerprint density at radius 1 is 1.04 bits per heavy atom. The average Bonchev–Trinajstić information content (AvgIpc) is 2.79. The van der Waals surface area contributed by atoms with E-state index in [0.29, 0.717) is 26.2 Å². The zero-order valence-electron chi connectivity index (χ0n) is 15.4. The summed E-state index contributed by atoms with van der Waals surface area (Å²) in [5, 5.41) is 0. The summed E-state index contributed by atoms with van der Waals surface area (Å²) in [6, 6.07) is 6.13. The summed E-state index contributed by atoms with van der Waals surface area (Å²) in [5.41, 5.74) is 2.90. The highest BCUT2D eigenvalue weighted by molar-refractivity contribution is 5.96. The topological polar surface area (TPSA) is 49.9 Å². The van der Waals surface area contributed by atoms with E-state index in [1.807, 2.05) is 24.0 Å². The van der Waals surface area contributed by atoms with E-state index in [9.17, 15) is 9.59 Å². The van der Waals surface area contributed by atoms with Crippen LogP contribution in [0.25, 0.3) is 0 Å². The summed E-state index contributed by atoms with van der Waals surface area (Å²) in [7, 11) is 1.39. The molecule has 1 heterocycles. The fourth-order valence-corrected chi connectivity index (χ4v) is 2.92. The van der Waals surface area contributed by atoms with Gasteiger partial charge >= 0.3 is 6.09 Å². The lowest BCUT2D eigenvalue weighted by Gasteiger charge is -2.24. The Morgan fingerprint density at radius 3 is 2.29 bits per heavy atom. The molecule has 1 fully saturated rings. The van der Waals surface area contributed by atoms with Gasteiger partial charge in [0.25, 0.3) is 5.91 Å². The van der Waals surface area contributed by atoms with E-state index < -0.39 is 0 Å². The smallest absolute Gasteiger partial charge is 0.409 e. The van der Waals surface area contributed by atoms with E-state index in [4.69, 9.17) is 4.74 Å². The van der Waals surface area contributed by atoms with Crippen molar-refractivity contribution in [3.05, 3.63) is 34.9 Å². The molecule has 0 spiro atoms. The molecule has 0 N–H and O–H groups in total. The molecule has 0 aliphatic carbocycles. The molecule has 1 aliphatic heterocycles. The van der Waals surface area contributed by atoms with Crippen molar-refractivity contribution < 1.29 is 14.3 Å². The van der Waals surface area contributed by atoms with Crippen LogP contribution in [0.5, 0.6) is 0 Å². The Kier molecular flexibility index (Phi) is 5.52. The third kappa shape index (κ3) is 4.08. The summed E-state index contributed by atoms with van der Waals surface area (Å²) in [5.74, 6) is 0.0466. The first-order valence-electron chi connectivity index (χ1n) is 8.47. The van der Waals surface area contributed by atoms with Gasteiger partial charge in [0.1, 0.15) is 0 Å². The lowest BCUT2D eigenvalue weighted by atomic mass is 9.85. The molecule has 0 bridgehead atoms. The van der Waals surface area contributed by atoms with E-state index in [1.165, 1.54) is 7.11 Å². The van der Waals surface area contributed by atoms with Crippen molar-refractivity contribution in [2.45, 2.75) is 39.5 Å². The maximum Gasteiger partial charge on any atom is 0.409 e. The fourth-order valence-electron chi connectivity index (χ4n) is 2.92. The number of ether oxygens (including phenoxy) is 1. The van der Waals surface area contributed by atoms with E-state index in [2.05, 4.69) is 26.8 Å². The van der Waals surface area contributed by atoms with Crippen LogP contribution in [0.1, 0.15) is 48.7 Å². The molecule has 132 valence electrons. The first-order valence-corrected chi connectivity index (χ1v) is 8.47. The average molecular weight is 332 g/mol. The van der Waals surface area contributed by atoms with Crippen molar-refractivity contribution in [3.8, 4) is 0 Å². The number of amides is 2. The molecule has 5 nitrogen and oxygen atoms in total. The van der Waals surface area contributed by atoms with Crippen LogP contribution < -0.4 is 0 Å². The number of benzene rings is 1. The molecule has 2 rings (SSSR count). The predicted molar refractivity (Wildman–Crippen MR) is 94.4 cm³/mol. The third-order valence-electron chi connectivity index (χ3n) is 4.55. The van der Waals surface area contributed by atoms with Crippen molar-refractivity contribution in [3.63, 3.8) is 0 Å². The molecular formula is C19H28N2O3. The van der Waals surface area contributed by atoms with Crippen LogP contribution in [0.2, 0.25) is 0 Å². The largest absolute Gasteiger partial charge is 0.453 e. The lowest BCUT2D eigenvalue weighted by Crippen LogP contribution is -2.37. The number of aryl methyl sites for hydroxylation is 1. The maximum absolute atomic E-state index is 13.0. The third-order valence-corrected chi connectivity index (χ3v) is 4.55. The normalized spacial score (nSPS) is 15.9. The molecule has 0 radical (unpaired) electrons. The molecule has 0 saturated carbocycles. The molecule has 0 atom stereocenters. The Labute approximate surface area is 144 Å². The van der Waals surface area contributed by atoms with E-state index in [-0.39, 0.29) is 17.4 Å². The van der Waals surface area contributed by atoms with Gasteiger partial charge in [0.15, 0.2) is 0 Å². The minimum Gasteiger partial charge on any atom is -0.453 e. The highest BCUT2D eigenvalue weighted by Crippen LogP contribution is 2.25. The van der Waals surface area contributed by atoms with Gasteiger partial charge in [0, 0.05) is 31.7 Å². The number of carbonyl (C=O) groups excluding carboxylic acids is 2. The molecule has 1 saturated heterocycles. The standard InChI is InChI=1S/C19H28N2O3/c1-14-7-8-15(19(2,3)4)13-16(14)17(22)20-9-6-10-21(12-11-20)18(23)24-5/h7-8,13H,6,9-12H2,1-5H3. The first-order chi connectivity index (χ1) is 11.2. The van der Waals surface area contributed by atoms with E-state index >= 15 is 0 Å². The summed E-state index contributed by atoms with van der Waals surface area (Å²) in [4.78, 5) is 28.2. The zero-order chi connectivity index (χ0) is 17.9. The number of carbonyl (C=O) groups is 2. The minimum atomic E-state index is -0.324. The van der Waals surface area contributed by atoms with Crippen molar-refractivity contribution in [2.75, 3.05) is 33.3 Å². The van der Waals surface area contributed by atoms with Crippen LogP contribution >= 0.6 is 0 Å². The highest BCUT2D eigenvalue weighted by atomic mass is 16.5. The number of hydrogen-bond donors (Lipinski definition) is 0. The zero-order valence-corrected chi connectivity index (χ0v) is 15.4. The van der Waals surface area contributed by atoms with Crippen molar-refractivity contribution in [1.82, 2.24) is 9.80 Å². The quantitative estimate of drug-likeness (QED) is 0.793. The van der Waals surface area contributed by atoms with Crippen LogP contribution in [-0.2, 0) is 10.2 Å².